The Kier molecular flexibility index (Phi) is 6.88. The normalized spacial score (nSPS) is 24.5. The highest BCUT2D eigenvalue weighted by molar-refractivity contribution is 6.05. The third-order valence-corrected chi connectivity index (χ3v) is 7.64. The van der Waals surface area contributed by atoms with Gasteiger partial charge in [0.05, 0.1) is 17.9 Å². The molecule has 0 spiro atoms. The van der Waals surface area contributed by atoms with E-state index in [9.17, 15) is 9.59 Å². The van der Waals surface area contributed by atoms with Crippen molar-refractivity contribution in [2.45, 2.75) is 50.7 Å². The van der Waals surface area contributed by atoms with Gasteiger partial charge in [0.15, 0.2) is 0 Å². The van der Waals surface area contributed by atoms with Crippen LogP contribution in [0.1, 0.15) is 55.8 Å². The molecule has 5 heteroatoms. The number of hydrogen-bond acceptors (Lipinski definition) is 4. The number of nitrogens with zero attached hydrogens (tertiary/aromatic N) is 2. The van der Waals surface area contributed by atoms with Crippen molar-refractivity contribution in [2.24, 2.45) is 11.8 Å². The van der Waals surface area contributed by atoms with Gasteiger partial charge in [-0.1, -0.05) is 73.5 Å². The highest BCUT2D eigenvalue weighted by Gasteiger charge is 2.47. The lowest BCUT2D eigenvalue weighted by Crippen LogP contribution is -2.43. The van der Waals surface area contributed by atoms with Crippen LogP contribution in [-0.2, 0) is 14.3 Å². The molecule has 2 amide bonds. The van der Waals surface area contributed by atoms with E-state index < -0.39 is 0 Å². The van der Waals surface area contributed by atoms with E-state index in [0.29, 0.717) is 6.54 Å². The fourth-order valence-corrected chi connectivity index (χ4v) is 5.76. The van der Waals surface area contributed by atoms with Gasteiger partial charge in [-0.25, -0.2) is 0 Å². The molecule has 5 rings (SSSR count). The van der Waals surface area contributed by atoms with Crippen molar-refractivity contribution < 1.29 is 14.3 Å². The number of hydrogen-bond donors (Lipinski definition) is 0. The summed E-state index contributed by atoms with van der Waals surface area (Å²) in [5.41, 5.74) is 2.36. The molecule has 0 bridgehead atoms. The van der Waals surface area contributed by atoms with Gasteiger partial charge in [-0.15, -0.1) is 0 Å². The smallest absolute Gasteiger partial charge is 0.233 e. The topological polar surface area (TPSA) is 49.9 Å². The second kappa shape index (κ2) is 10.2. The molecule has 2 aromatic rings. The number of carbonyl (C=O) groups excluding carboxylic acids is 2. The lowest BCUT2D eigenvalue weighted by Gasteiger charge is -2.34. The van der Waals surface area contributed by atoms with Crippen molar-refractivity contribution in [1.29, 1.82) is 0 Å². The average Bonchev–Trinajstić information content (AvgIpc) is 3.12. The first-order valence-electron chi connectivity index (χ1n) is 12.5. The predicted molar refractivity (Wildman–Crippen MR) is 127 cm³/mol. The van der Waals surface area contributed by atoms with E-state index in [-0.39, 0.29) is 35.9 Å². The number of likely N-dealkylation sites (tertiary alicyclic amines) is 2. The second-order valence-corrected chi connectivity index (χ2v) is 9.70. The summed E-state index contributed by atoms with van der Waals surface area (Å²) in [5, 5.41) is 0. The second-order valence-electron chi connectivity index (χ2n) is 9.70. The summed E-state index contributed by atoms with van der Waals surface area (Å²) in [4.78, 5) is 29.4. The summed E-state index contributed by atoms with van der Waals surface area (Å²) < 4.78 is 6.64. The average molecular weight is 447 g/mol. The minimum absolute atomic E-state index is 0.0432. The van der Waals surface area contributed by atoms with Crippen LogP contribution in [0, 0.1) is 11.8 Å². The van der Waals surface area contributed by atoms with Crippen molar-refractivity contribution in [1.82, 2.24) is 9.80 Å². The van der Waals surface area contributed by atoms with Gasteiger partial charge in [0.2, 0.25) is 11.8 Å². The van der Waals surface area contributed by atoms with Crippen LogP contribution in [0.15, 0.2) is 60.7 Å². The van der Waals surface area contributed by atoms with Gasteiger partial charge < -0.3 is 9.64 Å². The molecule has 2 atom stereocenters. The van der Waals surface area contributed by atoms with E-state index in [1.54, 1.807) is 4.90 Å². The number of carbonyl (C=O) groups is 2. The summed E-state index contributed by atoms with van der Waals surface area (Å²) in [7, 11) is 0. The SMILES string of the molecule is O=C1C2CCCCC2C(=O)N1CCN1CCC(OC(c2ccccc2)c2ccccc2)CC1. The molecule has 33 heavy (non-hydrogen) atoms. The summed E-state index contributed by atoms with van der Waals surface area (Å²) in [5.74, 6) is 0.0737. The van der Waals surface area contributed by atoms with Gasteiger partial charge in [0.25, 0.3) is 0 Å². The number of fused-ring (bicyclic) bond motifs is 1. The van der Waals surface area contributed by atoms with Crippen LogP contribution in [-0.4, -0.2) is 53.9 Å². The lowest BCUT2D eigenvalue weighted by molar-refractivity contribution is -0.140. The van der Waals surface area contributed by atoms with Gasteiger partial charge in [-0.2, -0.15) is 0 Å². The highest BCUT2D eigenvalue weighted by atomic mass is 16.5. The van der Waals surface area contributed by atoms with E-state index in [1.165, 1.54) is 11.1 Å². The van der Waals surface area contributed by atoms with Crippen molar-refractivity contribution >= 4 is 11.8 Å². The molecule has 0 radical (unpaired) electrons. The van der Waals surface area contributed by atoms with E-state index in [2.05, 4.69) is 53.4 Å². The van der Waals surface area contributed by atoms with Crippen molar-refractivity contribution in [3.63, 3.8) is 0 Å². The molecule has 1 aliphatic carbocycles. The molecule has 3 aliphatic rings. The van der Waals surface area contributed by atoms with Crippen LogP contribution in [0.25, 0.3) is 0 Å². The van der Waals surface area contributed by atoms with E-state index >= 15 is 0 Å². The zero-order chi connectivity index (χ0) is 22.6. The standard InChI is InChI=1S/C28H34N2O3/c31-27-24-13-7-8-14-25(24)28(32)30(27)20-19-29-17-15-23(16-18-29)33-26(21-9-3-1-4-10-21)22-11-5-2-6-12-22/h1-6,9-12,23-26H,7-8,13-20H2. The third-order valence-electron chi connectivity index (χ3n) is 7.64. The molecule has 2 unspecified atom stereocenters. The van der Waals surface area contributed by atoms with Gasteiger partial charge in [0, 0.05) is 26.2 Å². The first-order valence-corrected chi connectivity index (χ1v) is 12.5. The molecule has 5 nitrogen and oxygen atoms in total. The van der Waals surface area contributed by atoms with Gasteiger partial charge >= 0.3 is 0 Å². The zero-order valence-corrected chi connectivity index (χ0v) is 19.3. The van der Waals surface area contributed by atoms with Crippen LogP contribution >= 0.6 is 0 Å². The van der Waals surface area contributed by atoms with Crippen LogP contribution in [0.5, 0.6) is 0 Å². The fourth-order valence-electron chi connectivity index (χ4n) is 5.76. The number of ether oxygens (including phenoxy) is 1. The molecule has 2 aliphatic heterocycles. The number of benzene rings is 2. The molecule has 0 N–H and O–H groups in total. The largest absolute Gasteiger partial charge is 0.365 e. The quantitative estimate of drug-likeness (QED) is 0.591. The first kappa shape index (κ1) is 22.3. The molecular weight excluding hydrogens is 412 g/mol. The third kappa shape index (κ3) is 4.90. The highest BCUT2D eigenvalue weighted by Crippen LogP contribution is 2.38. The Morgan fingerprint density at radius 3 is 1.76 bits per heavy atom. The molecule has 1 saturated carbocycles. The van der Waals surface area contributed by atoms with E-state index in [0.717, 1.165) is 58.2 Å². The van der Waals surface area contributed by atoms with Crippen molar-refractivity contribution in [3.05, 3.63) is 71.8 Å². The molecular formula is C28H34N2O3. The maximum Gasteiger partial charge on any atom is 0.233 e. The maximum atomic E-state index is 12.7. The summed E-state index contributed by atoms with van der Waals surface area (Å²) in [6.45, 7) is 3.17. The number of piperidine rings is 1. The molecule has 174 valence electrons. The van der Waals surface area contributed by atoms with Crippen LogP contribution < -0.4 is 0 Å². The molecule has 0 aromatic heterocycles. The number of rotatable bonds is 7. The monoisotopic (exact) mass is 446 g/mol. The summed E-state index contributed by atoms with van der Waals surface area (Å²) in [6, 6.07) is 20.9. The van der Waals surface area contributed by atoms with E-state index in [4.69, 9.17) is 4.74 Å². The first-order chi connectivity index (χ1) is 16.2. The van der Waals surface area contributed by atoms with Crippen molar-refractivity contribution in [3.8, 4) is 0 Å². The molecule has 2 heterocycles. The number of imide groups is 1. The minimum atomic E-state index is -0.0628. The van der Waals surface area contributed by atoms with E-state index in [1.807, 2.05) is 12.1 Å². The van der Waals surface area contributed by atoms with Crippen molar-refractivity contribution in [2.75, 3.05) is 26.2 Å². The van der Waals surface area contributed by atoms with Gasteiger partial charge in [-0.05, 0) is 36.8 Å². The Morgan fingerprint density at radius 1 is 0.727 bits per heavy atom. The molecule has 2 saturated heterocycles. The minimum Gasteiger partial charge on any atom is -0.365 e. The molecule has 3 fully saturated rings. The summed E-state index contributed by atoms with van der Waals surface area (Å²) in [6.07, 6.45) is 5.99. The Bertz CT molecular complexity index is 877. The van der Waals surface area contributed by atoms with Gasteiger partial charge in [0.1, 0.15) is 6.10 Å². The maximum absolute atomic E-state index is 12.7. The lowest BCUT2D eigenvalue weighted by atomic mass is 9.81. The Morgan fingerprint density at radius 2 is 1.24 bits per heavy atom. The number of amides is 2. The zero-order valence-electron chi connectivity index (χ0n) is 19.3. The summed E-state index contributed by atoms with van der Waals surface area (Å²) >= 11 is 0. The van der Waals surface area contributed by atoms with Crippen LogP contribution in [0.3, 0.4) is 0 Å². The predicted octanol–water partition coefficient (Wildman–Crippen LogP) is 4.43. The fraction of sp³-hybridized carbons (Fsp3) is 0.500. The van der Waals surface area contributed by atoms with Crippen LogP contribution in [0.2, 0.25) is 0 Å². The Labute approximate surface area is 196 Å². The Hall–Kier alpha value is -2.50. The van der Waals surface area contributed by atoms with Crippen LogP contribution in [0.4, 0.5) is 0 Å². The Balaban J connectivity index is 1.15. The molecule has 2 aromatic carbocycles. The van der Waals surface area contributed by atoms with Gasteiger partial charge in [-0.3, -0.25) is 14.5 Å².